The smallest absolute Gasteiger partial charge is 0.00948 e. The molecule has 0 atom stereocenters. The van der Waals surface area contributed by atoms with Crippen molar-refractivity contribution in [2.45, 2.75) is 20.3 Å². The van der Waals surface area contributed by atoms with Crippen LogP contribution in [-0.2, 0) is 6.42 Å². The number of hydrogen-bond donors (Lipinski definition) is 0. The molecule has 0 heteroatoms. The van der Waals surface area contributed by atoms with Gasteiger partial charge in [0.05, 0.1) is 0 Å². The van der Waals surface area contributed by atoms with Crippen LogP contribution >= 0.6 is 0 Å². The van der Waals surface area contributed by atoms with Crippen LogP contribution in [0.15, 0.2) is 30.4 Å². The molecule has 0 fully saturated rings. The Morgan fingerprint density at radius 1 is 1.33 bits per heavy atom. The van der Waals surface area contributed by atoms with E-state index < -0.39 is 0 Å². The summed E-state index contributed by atoms with van der Waals surface area (Å²) >= 11 is 0. The zero-order valence-electron chi connectivity index (χ0n) is 7.80. The average Bonchev–Trinajstić information content (AvgIpc) is 2.03. The lowest BCUT2D eigenvalue weighted by Crippen LogP contribution is -1.87. The van der Waals surface area contributed by atoms with Gasteiger partial charge in [0.25, 0.3) is 0 Å². The van der Waals surface area contributed by atoms with Crippen LogP contribution in [0.4, 0.5) is 0 Å². The van der Waals surface area contributed by atoms with Gasteiger partial charge in [0.15, 0.2) is 0 Å². The van der Waals surface area contributed by atoms with Gasteiger partial charge in [-0.1, -0.05) is 35.9 Å². The highest BCUT2D eigenvalue weighted by Crippen LogP contribution is 2.11. The highest BCUT2D eigenvalue weighted by atomic mass is 14.0. The van der Waals surface area contributed by atoms with Crippen molar-refractivity contribution in [2.24, 2.45) is 0 Å². The van der Waals surface area contributed by atoms with E-state index in [4.69, 9.17) is 0 Å². The fraction of sp³-hybridized carbons (Fsp3) is 0.250. The molecule has 1 aromatic carbocycles. The molecule has 1 rings (SSSR count). The maximum atomic E-state index is 3.67. The lowest BCUT2D eigenvalue weighted by Gasteiger charge is -2.03. The Hall–Kier alpha value is -1.04. The molecule has 0 aromatic heterocycles. The largest absolute Gasteiger partial charge is 0.0879 e. The Bertz CT molecular complexity index is 282. The molecular weight excluding hydrogens is 144 g/mol. The molecule has 0 saturated carbocycles. The molecule has 0 nitrogen and oxygen atoms in total. The van der Waals surface area contributed by atoms with Gasteiger partial charge in [-0.25, -0.2) is 0 Å². The predicted molar refractivity (Wildman–Crippen MR) is 54.1 cm³/mol. The van der Waals surface area contributed by atoms with Crippen molar-refractivity contribution >= 4 is 0 Å². The summed E-state index contributed by atoms with van der Waals surface area (Å²) < 4.78 is 0. The third-order valence-corrected chi connectivity index (χ3v) is 2.00. The molecule has 0 amide bonds. The summed E-state index contributed by atoms with van der Waals surface area (Å²) in [5.41, 5.74) is 4.09. The molecule has 0 aliphatic carbocycles. The molecular formula is C12H15. The van der Waals surface area contributed by atoms with Crippen molar-refractivity contribution in [2.75, 3.05) is 0 Å². The topological polar surface area (TPSA) is 0 Å². The second kappa shape index (κ2) is 4.10. The van der Waals surface area contributed by atoms with Crippen LogP contribution in [0.5, 0.6) is 0 Å². The predicted octanol–water partition coefficient (Wildman–Crippen LogP) is 3.24. The molecule has 0 saturated heterocycles. The second-order valence-electron chi connectivity index (χ2n) is 3.11. The molecule has 1 aromatic rings. The highest BCUT2D eigenvalue weighted by molar-refractivity contribution is 5.31. The van der Waals surface area contributed by atoms with Crippen LogP contribution in [0.25, 0.3) is 0 Å². The van der Waals surface area contributed by atoms with Crippen LogP contribution in [0.1, 0.15) is 16.7 Å². The first-order chi connectivity index (χ1) is 5.74. The number of benzene rings is 1. The van der Waals surface area contributed by atoms with Gasteiger partial charge in [0, 0.05) is 0 Å². The summed E-state index contributed by atoms with van der Waals surface area (Å²) in [6.07, 6.45) is 4.92. The van der Waals surface area contributed by atoms with Crippen molar-refractivity contribution in [3.8, 4) is 0 Å². The van der Waals surface area contributed by atoms with Crippen molar-refractivity contribution in [3.05, 3.63) is 54.0 Å². The van der Waals surface area contributed by atoms with E-state index in [1.165, 1.54) is 16.7 Å². The molecule has 0 aliphatic rings. The van der Waals surface area contributed by atoms with Crippen LogP contribution in [0.2, 0.25) is 0 Å². The van der Waals surface area contributed by atoms with Gasteiger partial charge in [-0.15, -0.1) is 0 Å². The van der Waals surface area contributed by atoms with Crippen molar-refractivity contribution in [1.29, 1.82) is 0 Å². The standard InChI is InChI=1S/C12H15/c1-4-5-6-12-8-7-10(2)9-11(12)3/h4-5,7-9H,1,6H2,2-3H3. The number of aryl methyl sites for hydroxylation is 2. The molecule has 0 N–H and O–H groups in total. The van der Waals surface area contributed by atoms with Crippen LogP contribution in [-0.4, -0.2) is 0 Å². The fourth-order valence-corrected chi connectivity index (χ4v) is 1.29. The van der Waals surface area contributed by atoms with Gasteiger partial charge < -0.3 is 0 Å². The highest BCUT2D eigenvalue weighted by Gasteiger charge is 1.94. The molecule has 0 bridgehead atoms. The van der Waals surface area contributed by atoms with E-state index in [1.54, 1.807) is 0 Å². The lowest BCUT2D eigenvalue weighted by atomic mass is 10.0. The Balaban J connectivity index is 2.86. The lowest BCUT2D eigenvalue weighted by molar-refractivity contribution is 1.20. The summed E-state index contributed by atoms with van der Waals surface area (Å²) in [6.45, 7) is 7.94. The van der Waals surface area contributed by atoms with E-state index in [2.05, 4.69) is 45.0 Å². The van der Waals surface area contributed by atoms with Gasteiger partial charge in [-0.3, -0.25) is 0 Å². The monoisotopic (exact) mass is 159 g/mol. The normalized spacial score (nSPS) is 10.9. The quantitative estimate of drug-likeness (QED) is 0.621. The molecule has 1 radical (unpaired) electrons. The van der Waals surface area contributed by atoms with Crippen LogP contribution in [0.3, 0.4) is 0 Å². The van der Waals surface area contributed by atoms with Crippen molar-refractivity contribution < 1.29 is 0 Å². The SMILES string of the molecule is [CH2]C=CCc1ccc(C)cc1C. The number of allylic oxidation sites excluding steroid dienone is 2. The minimum Gasteiger partial charge on any atom is -0.0879 e. The van der Waals surface area contributed by atoms with Crippen LogP contribution < -0.4 is 0 Å². The maximum absolute atomic E-state index is 3.67. The third kappa shape index (κ3) is 2.23. The minimum atomic E-state index is 0.996. The maximum Gasteiger partial charge on any atom is -0.00948 e. The summed E-state index contributed by atoms with van der Waals surface area (Å²) in [7, 11) is 0. The zero-order chi connectivity index (χ0) is 8.97. The van der Waals surface area contributed by atoms with E-state index in [1.807, 2.05) is 6.08 Å². The summed E-state index contributed by atoms with van der Waals surface area (Å²) in [5.74, 6) is 0. The fourth-order valence-electron chi connectivity index (χ4n) is 1.29. The molecule has 0 spiro atoms. The molecule has 63 valence electrons. The van der Waals surface area contributed by atoms with E-state index in [0.717, 1.165) is 6.42 Å². The first-order valence-corrected chi connectivity index (χ1v) is 4.24. The first kappa shape index (κ1) is 9.05. The molecule has 0 heterocycles. The Kier molecular flexibility index (Phi) is 3.09. The summed E-state index contributed by atoms with van der Waals surface area (Å²) in [4.78, 5) is 0. The second-order valence-corrected chi connectivity index (χ2v) is 3.11. The van der Waals surface area contributed by atoms with Crippen molar-refractivity contribution in [3.63, 3.8) is 0 Å². The van der Waals surface area contributed by atoms with Gasteiger partial charge in [0.1, 0.15) is 0 Å². The Morgan fingerprint density at radius 2 is 2.08 bits per heavy atom. The molecule has 0 aliphatic heterocycles. The average molecular weight is 159 g/mol. The molecule has 12 heavy (non-hydrogen) atoms. The zero-order valence-corrected chi connectivity index (χ0v) is 7.80. The van der Waals surface area contributed by atoms with E-state index in [0.29, 0.717) is 0 Å². The summed E-state index contributed by atoms with van der Waals surface area (Å²) in [5, 5.41) is 0. The number of hydrogen-bond acceptors (Lipinski definition) is 0. The van der Waals surface area contributed by atoms with E-state index in [-0.39, 0.29) is 0 Å². The molecule has 0 unspecified atom stereocenters. The van der Waals surface area contributed by atoms with Gasteiger partial charge >= 0.3 is 0 Å². The minimum absolute atomic E-state index is 0.996. The first-order valence-electron chi connectivity index (χ1n) is 4.24. The van der Waals surface area contributed by atoms with E-state index >= 15 is 0 Å². The van der Waals surface area contributed by atoms with E-state index in [9.17, 15) is 0 Å². The third-order valence-electron chi connectivity index (χ3n) is 2.00. The van der Waals surface area contributed by atoms with Crippen LogP contribution in [0, 0.1) is 20.8 Å². The Morgan fingerprint density at radius 3 is 2.67 bits per heavy atom. The van der Waals surface area contributed by atoms with Gasteiger partial charge in [0.2, 0.25) is 0 Å². The van der Waals surface area contributed by atoms with Gasteiger partial charge in [-0.2, -0.15) is 0 Å². The Labute approximate surface area is 74.9 Å². The van der Waals surface area contributed by atoms with Gasteiger partial charge in [-0.05, 0) is 38.3 Å². The van der Waals surface area contributed by atoms with Crippen molar-refractivity contribution in [1.82, 2.24) is 0 Å². The number of rotatable bonds is 2. The summed E-state index contributed by atoms with van der Waals surface area (Å²) in [6, 6.07) is 6.55.